The van der Waals surface area contributed by atoms with Gasteiger partial charge in [0.1, 0.15) is 11.9 Å². The lowest BCUT2D eigenvalue weighted by atomic mass is 10.1. The zero-order chi connectivity index (χ0) is 27.3. The van der Waals surface area contributed by atoms with Crippen LogP contribution in [0.5, 0.6) is 0 Å². The molecule has 0 radical (unpaired) electrons. The average Bonchev–Trinajstić information content (AvgIpc) is 3.42. The summed E-state index contributed by atoms with van der Waals surface area (Å²) in [4.78, 5) is 37.1. The number of nitrogens with zero attached hydrogens (tertiary/aromatic N) is 2. The van der Waals surface area contributed by atoms with Gasteiger partial charge in [-0.15, -0.1) is 11.3 Å². The molecule has 0 bridgehead atoms. The molecule has 2 amide bonds. The van der Waals surface area contributed by atoms with Crippen LogP contribution in [0.25, 0.3) is 0 Å². The molecule has 15 heteroatoms. The molecule has 3 heterocycles. The fraction of sp³-hybridized carbons (Fsp3) is 0.409. The largest absolute Gasteiger partial charge is 0.490 e. The molecule has 2 fully saturated rings. The summed E-state index contributed by atoms with van der Waals surface area (Å²) in [5, 5.41) is 9.86. The Hall–Kier alpha value is -3.10. The summed E-state index contributed by atoms with van der Waals surface area (Å²) in [6.07, 6.45) is -4.32. The molecule has 2 aliphatic rings. The molecule has 4 N–H and O–H groups in total. The topological polar surface area (TPSA) is 125 Å². The molecule has 9 nitrogen and oxygen atoms in total. The number of nitrogens with two attached hydrogens (primary N) is 1. The lowest BCUT2D eigenvalue weighted by molar-refractivity contribution is -0.192. The number of carbonyl (C=O) groups excluding carboxylic acids is 2. The number of carbonyl (C=O) groups is 3. The van der Waals surface area contributed by atoms with E-state index in [0.717, 1.165) is 19.4 Å². The van der Waals surface area contributed by atoms with Crippen molar-refractivity contribution < 1.29 is 41.8 Å². The maximum absolute atomic E-state index is 14.8. The van der Waals surface area contributed by atoms with Crippen molar-refractivity contribution >= 4 is 52.3 Å². The molecule has 202 valence electrons. The Balaban J connectivity index is 0.000000479. The predicted octanol–water partition coefficient (Wildman–Crippen LogP) is 3.86. The van der Waals surface area contributed by atoms with Crippen molar-refractivity contribution in [3.8, 4) is 0 Å². The van der Waals surface area contributed by atoms with E-state index in [1.54, 1.807) is 24.3 Å². The van der Waals surface area contributed by atoms with Crippen molar-refractivity contribution in [2.75, 3.05) is 36.0 Å². The van der Waals surface area contributed by atoms with Crippen LogP contribution in [0.15, 0.2) is 30.3 Å². The number of rotatable bonds is 5. The summed E-state index contributed by atoms with van der Waals surface area (Å²) in [7, 11) is 0. The van der Waals surface area contributed by atoms with Crippen molar-refractivity contribution in [1.82, 2.24) is 5.32 Å². The second-order valence-electron chi connectivity index (χ2n) is 8.22. The van der Waals surface area contributed by atoms with Gasteiger partial charge in [0.25, 0.3) is 5.91 Å². The van der Waals surface area contributed by atoms with Gasteiger partial charge in [-0.3, -0.25) is 9.69 Å². The van der Waals surface area contributed by atoms with Crippen LogP contribution >= 0.6 is 22.9 Å². The number of halogens is 5. The van der Waals surface area contributed by atoms with Crippen molar-refractivity contribution in [2.24, 2.45) is 5.73 Å². The number of alkyl halides is 3. The van der Waals surface area contributed by atoms with E-state index in [-0.39, 0.29) is 25.0 Å². The number of aliphatic carboxylic acids is 1. The number of ether oxygens (including phenoxy) is 1. The van der Waals surface area contributed by atoms with Crippen LogP contribution in [-0.4, -0.2) is 67.6 Å². The number of hydrogen-bond donors (Lipinski definition) is 3. The minimum absolute atomic E-state index is 0.0348. The third-order valence-corrected chi connectivity index (χ3v) is 6.68. The van der Waals surface area contributed by atoms with E-state index in [0.29, 0.717) is 27.1 Å². The summed E-state index contributed by atoms with van der Waals surface area (Å²) in [6.45, 7) is 1.74. The van der Waals surface area contributed by atoms with E-state index in [4.69, 9.17) is 32.0 Å². The second kappa shape index (κ2) is 12.0. The quantitative estimate of drug-likeness (QED) is 0.469. The fourth-order valence-corrected chi connectivity index (χ4v) is 4.68. The Morgan fingerprint density at radius 3 is 2.51 bits per heavy atom. The molecule has 1 aromatic heterocycles. The van der Waals surface area contributed by atoms with Crippen LogP contribution in [0.1, 0.15) is 22.5 Å². The summed E-state index contributed by atoms with van der Waals surface area (Å²) >= 11 is 7.01. The van der Waals surface area contributed by atoms with Gasteiger partial charge >= 0.3 is 18.2 Å². The van der Waals surface area contributed by atoms with E-state index in [2.05, 4.69) is 5.32 Å². The molecular weight excluding hydrogens is 544 g/mol. The van der Waals surface area contributed by atoms with Gasteiger partial charge in [0.05, 0.1) is 33.7 Å². The molecule has 0 spiro atoms. The third kappa shape index (κ3) is 7.69. The number of anilines is 2. The molecule has 37 heavy (non-hydrogen) atoms. The standard InChI is InChI=1S/C20H22ClFN4O3S.C2HF3O2/c21-18-6-5-17(30-18)19(27)24-9-14-11-26(20(28)29-14)13-3-4-16(15(22)8-13)25-7-1-2-12(23)10-25;3-2(4,5)1(6)7/h3-6,8,12,14H,1-2,7,9-11,23H2,(H,24,27);(H,6,7). The monoisotopic (exact) mass is 566 g/mol. The van der Waals surface area contributed by atoms with E-state index in [1.165, 1.54) is 22.3 Å². The highest BCUT2D eigenvalue weighted by Gasteiger charge is 2.38. The SMILES string of the molecule is NC1CCCN(c2ccc(N3CC(CNC(=O)c4ccc(Cl)s4)OC3=O)cc2F)C1.O=C(O)C(F)(F)F. The maximum Gasteiger partial charge on any atom is 0.490 e. The molecule has 2 aliphatic heterocycles. The van der Waals surface area contributed by atoms with Crippen LogP contribution in [0.3, 0.4) is 0 Å². The minimum atomic E-state index is -5.08. The van der Waals surface area contributed by atoms with Gasteiger partial charge in [-0.25, -0.2) is 14.0 Å². The maximum atomic E-state index is 14.8. The zero-order valence-electron chi connectivity index (χ0n) is 19.1. The smallest absolute Gasteiger partial charge is 0.475 e. The number of benzene rings is 1. The highest BCUT2D eigenvalue weighted by molar-refractivity contribution is 7.18. The van der Waals surface area contributed by atoms with Crippen LogP contribution in [0.2, 0.25) is 4.34 Å². The van der Waals surface area contributed by atoms with Crippen molar-refractivity contribution in [3.63, 3.8) is 0 Å². The molecule has 4 rings (SSSR count). The van der Waals surface area contributed by atoms with Crippen molar-refractivity contribution in [3.05, 3.63) is 45.4 Å². The first-order valence-electron chi connectivity index (χ1n) is 11.0. The number of carboxylic acids is 1. The van der Waals surface area contributed by atoms with Crippen molar-refractivity contribution in [2.45, 2.75) is 31.2 Å². The molecule has 1 aromatic carbocycles. The van der Waals surface area contributed by atoms with Crippen LogP contribution in [0.4, 0.5) is 33.7 Å². The molecule has 2 unspecified atom stereocenters. The molecule has 0 saturated carbocycles. The number of piperidine rings is 1. The van der Waals surface area contributed by atoms with E-state index in [1.807, 2.05) is 4.90 Å². The van der Waals surface area contributed by atoms with Gasteiger partial charge in [-0.2, -0.15) is 13.2 Å². The van der Waals surface area contributed by atoms with Gasteiger partial charge in [-0.1, -0.05) is 11.6 Å². The molecular formula is C22H23ClF4N4O5S. The lowest BCUT2D eigenvalue weighted by Gasteiger charge is -2.33. The minimum Gasteiger partial charge on any atom is -0.475 e. The first-order valence-corrected chi connectivity index (χ1v) is 12.2. The zero-order valence-corrected chi connectivity index (χ0v) is 20.7. The number of nitrogens with one attached hydrogen (secondary N) is 1. The molecule has 0 aliphatic carbocycles. The Morgan fingerprint density at radius 1 is 1.24 bits per heavy atom. The number of thiophene rings is 1. The third-order valence-electron chi connectivity index (χ3n) is 5.45. The second-order valence-corrected chi connectivity index (χ2v) is 9.93. The first-order chi connectivity index (χ1) is 17.3. The number of amides is 2. The number of cyclic esters (lactones) is 1. The fourth-order valence-electron chi connectivity index (χ4n) is 3.72. The summed E-state index contributed by atoms with van der Waals surface area (Å²) in [5.74, 6) is -3.44. The Kier molecular flexibility index (Phi) is 9.21. The van der Waals surface area contributed by atoms with Crippen molar-refractivity contribution in [1.29, 1.82) is 0 Å². The van der Waals surface area contributed by atoms with E-state index < -0.39 is 30.2 Å². The first kappa shape index (κ1) is 28.5. The van der Waals surface area contributed by atoms with Gasteiger partial charge in [0, 0.05) is 19.1 Å². The van der Waals surface area contributed by atoms with Crippen LogP contribution in [-0.2, 0) is 9.53 Å². The van der Waals surface area contributed by atoms with Gasteiger partial charge in [-0.05, 0) is 43.2 Å². The van der Waals surface area contributed by atoms with Gasteiger partial charge in [0.2, 0.25) is 0 Å². The van der Waals surface area contributed by atoms with E-state index in [9.17, 15) is 27.2 Å². The summed E-state index contributed by atoms with van der Waals surface area (Å²) < 4.78 is 52.3. The molecule has 2 aromatic rings. The highest BCUT2D eigenvalue weighted by atomic mass is 35.5. The summed E-state index contributed by atoms with van der Waals surface area (Å²) in [5.41, 5.74) is 6.90. The highest BCUT2D eigenvalue weighted by Crippen LogP contribution is 2.29. The van der Waals surface area contributed by atoms with Gasteiger partial charge in [0.15, 0.2) is 0 Å². The molecule has 2 saturated heterocycles. The van der Waals surface area contributed by atoms with E-state index >= 15 is 0 Å². The Morgan fingerprint density at radius 2 is 1.95 bits per heavy atom. The average molecular weight is 567 g/mol. The van der Waals surface area contributed by atoms with Crippen LogP contribution < -0.4 is 20.9 Å². The van der Waals surface area contributed by atoms with Crippen LogP contribution in [0, 0.1) is 5.82 Å². The lowest BCUT2D eigenvalue weighted by Crippen LogP contribution is -2.43. The van der Waals surface area contributed by atoms with Gasteiger partial charge < -0.3 is 25.8 Å². The predicted molar refractivity (Wildman–Crippen MR) is 129 cm³/mol. The Labute approximate surface area is 217 Å². The normalized spacial score (nSPS) is 19.7. The number of carboxylic acid groups (broad SMARTS) is 1. The summed E-state index contributed by atoms with van der Waals surface area (Å²) in [6, 6.07) is 8.03. The number of hydrogen-bond acceptors (Lipinski definition) is 7. The Bertz CT molecular complexity index is 1150. The molecule has 2 atom stereocenters.